The molecule has 1 fully saturated rings. The number of nitrogens with one attached hydrogen (secondary N) is 1. The predicted molar refractivity (Wildman–Crippen MR) is 166 cm³/mol. The Labute approximate surface area is 251 Å². The lowest BCUT2D eigenvalue weighted by molar-refractivity contribution is -0.00545. The van der Waals surface area contributed by atoms with Gasteiger partial charge in [-0.1, -0.05) is 19.9 Å². The molecule has 1 amide bonds. The standard InChI is InChI=1S/C31H35N7O4S/c1-19-16-37(17-20(2)42-19)28-8-6-7-24(36-28)25-10-9-21-13-32-23(12-26(21)35-25)15-34-30(39)22-11-27-29(33-14-22)31(3,4)18-38(27)43(5,40)41/h6-14,19-20H,15-18H2,1-5H3,(H,34,39)/t19-,20+. The van der Waals surface area contributed by atoms with Gasteiger partial charge >= 0.3 is 0 Å². The number of rotatable bonds is 6. The highest BCUT2D eigenvalue weighted by Gasteiger charge is 2.41. The Morgan fingerprint density at radius 1 is 1.02 bits per heavy atom. The van der Waals surface area contributed by atoms with E-state index in [1.54, 1.807) is 12.3 Å². The first-order chi connectivity index (χ1) is 20.4. The van der Waals surface area contributed by atoms with Gasteiger partial charge in [-0.2, -0.15) is 0 Å². The van der Waals surface area contributed by atoms with Gasteiger partial charge in [-0.25, -0.2) is 18.4 Å². The molecule has 6 rings (SSSR count). The average Bonchev–Trinajstić information content (AvgIpc) is 3.25. The van der Waals surface area contributed by atoms with Crippen molar-refractivity contribution in [2.45, 2.75) is 51.9 Å². The molecule has 0 unspecified atom stereocenters. The van der Waals surface area contributed by atoms with Crippen molar-refractivity contribution >= 4 is 38.3 Å². The Balaban J connectivity index is 1.20. The maximum Gasteiger partial charge on any atom is 0.253 e. The fourth-order valence-electron chi connectivity index (χ4n) is 5.78. The Morgan fingerprint density at radius 2 is 1.77 bits per heavy atom. The quantitative estimate of drug-likeness (QED) is 0.352. The smallest absolute Gasteiger partial charge is 0.253 e. The molecule has 43 heavy (non-hydrogen) atoms. The number of aromatic nitrogens is 4. The number of amides is 1. The van der Waals surface area contributed by atoms with Crippen LogP contribution in [0.25, 0.3) is 22.3 Å². The molecule has 1 N–H and O–H groups in total. The third-order valence-electron chi connectivity index (χ3n) is 7.78. The fraction of sp³-hybridized carbons (Fsp3) is 0.387. The van der Waals surface area contributed by atoms with Gasteiger partial charge in [-0.3, -0.25) is 19.1 Å². The van der Waals surface area contributed by atoms with Crippen molar-refractivity contribution in [2.24, 2.45) is 0 Å². The van der Waals surface area contributed by atoms with Gasteiger partial charge in [0.05, 0.1) is 64.6 Å². The van der Waals surface area contributed by atoms with Crippen molar-refractivity contribution in [1.29, 1.82) is 0 Å². The molecule has 0 aliphatic carbocycles. The zero-order valence-corrected chi connectivity index (χ0v) is 25.7. The van der Waals surface area contributed by atoms with Crippen LogP contribution in [0.4, 0.5) is 11.5 Å². The number of sulfonamides is 1. The summed E-state index contributed by atoms with van der Waals surface area (Å²) in [5.74, 6) is 0.522. The van der Waals surface area contributed by atoms with Crippen LogP contribution in [0.15, 0.2) is 54.9 Å². The summed E-state index contributed by atoms with van der Waals surface area (Å²) in [6.45, 7) is 10.0. The van der Waals surface area contributed by atoms with Gasteiger partial charge in [-0.05, 0) is 50.2 Å². The normalized spacial score (nSPS) is 19.8. The van der Waals surface area contributed by atoms with Gasteiger partial charge in [0.1, 0.15) is 5.82 Å². The number of anilines is 2. The van der Waals surface area contributed by atoms with Crippen LogP contribution in [-0.4, -0.2) is 72.4 Å². The van der Waals surface area contributed by atoms with E-state index in [2.05, 4.69) is 34.0 Å². The number of morpholine rings is 1. The SMILES string of the molecule is C[C@@H]1CN(c2cccc(-c3ccc4cnc(CNC(=O)c5cnc6c(c5)N(S(C)(=O)=O)CC6(C)C)cc4n3)n2)C[C@H](C)O1. The van der Waals surface area contributed by atoms with Gasteiger partial charge in [-0.15, -0.1) is 0 Å². The molecule has 0 radical (unpaired) electrons. The molecule has 4 aromatic heterocycles. The molecule has 2 aliphatic rings. The fourth-order valence-corrected chi connectivity index (χ4v) is 6.83. The van der Waals surface area contributed by atoms with Crippen LogP contribution in [0, 0.1) is 0 Å². The highest BCUT2D eigenvalue weighted by molar-refractivity contribution is 7.92. The van der Waals surface area contributed by atoms with Gasteiger partial charge in [0.2, 0.25) is 10.0 Å². The third kappa shape index (κ3) is 5.89. The number of fused-ring (bicyclic) bond motifs is 2. The minimum absolute atomic E-state index is 0.132. The molecule has 224 valence electrons. The van der Waals surface area contributed by atoms with Crippen LogP contribution in [0.2, 0.25) is 0 Å². The molecule has 4 aromatic rings. The summed E-state index contributed by atoms with van der Waals surface area (Å²) in [5, 5.41) is 3.75. The van der Waals surface area contributed by atoms with E-state index in [0.29, 0.717) is 17.1 Å². The Hall–Kier alpha value is -4.16. The Morgan fingerprint density at radius 3 is 2.51 bits per heavy atom. The summed E-state index contributed by atoms with van der Waals surface area (Å²) in [6.07, 6.45) is 4.65. The first kappa shape index (κ1) is 28.9. The minimum Gasteiger partial charge on any atom is -0.372 e. The molecule has 6 heterocycles. The van der Waals surface area contributed by atoms with E-state index < -0.39 is 15.4 Å². The maximum atomic E-state index is 13.1. The number of hydrogen-bond donors (Lipinski definition) is 1. The lowest BCUT2D eigenvalue weighted by atomic mass is 9.91. The summed E-state index contributed by atoms with van der Waals surface area (Å²) in [5.41, 5.74) is 3.81. The largest absolute Gasteiger partial charge is 0.372 e. The highest BCUT2D eigenvalue weighted by atomic mass is 32.2. The van der Waals surface area contributed by atoms with Crippen LogP contribution >= 0.6 is 0 Å². The topological polar surface area (TPSA) is 131 Å². The monoisotopic (exact) mass is 601 g/mol. The molecule has 0 saturated carbocycles. The zero-order valence-electron chi connectivity index (χ0n) is 24.9. The molecule has 12 heteroatoms. The number of hydrogen-bond acceptors (Lipinski definition) is 9. The minimum atomic E-state index is -3.51. The Kier molecular flexibility index (Phi) is 7.29. The Bertz CT molecular complexity index is 1820. The second-order valence-corrected chi connectivity index (χ2v) is 13.9. The molecule has 11 nitrogen and oxygen atoms in total. The molecular weight excluding hydrogens is 566 g/mol. The number of carbonyl (C=O) groups excluding carboxylic acids is 1. The first-order valence-corrected chi connectivity index (χ1v) is 16.1. The van der Waals surface area contributed by atoms with Gasteiger partial charge < -0.3 is 15.0 Å². The van der Waals surface area contributed by atoms with E-state index in [4.69, 9.17) is 14.7 Å². The summed E-state index contributed by atoms with van der Waals surface area (Å²) >= 11 is 0. The zero-order chi connectivity index (χ0) is 30.5. The van der Waals surface area contributed by atoms with E-state index in [9.17, 15) is 13.2 Å². The first-order valence-electron chi connectivity index (χ1n) is 14.3. The van der Waals surface area contributed by atoms with Gasteiger partial charge in [0, 0.05) is 42.8 Å². The molecule has 0 spiro atoms. The second-order valence-electron chi connectivity index (χ2n) is 12.0. The summed E-state index contributed by atoms with van der Waals surface area (Å²) in [4.78, 5) is 34.0. The molecule has 2 atom stereocenters. The summed E-state index contributed by atoms with van der Waals surface area (Å²) in [7, 11) is -3.51. The van der Waals surface area contributed by atoms with Gasteiger partial charge in [0.15, 0.2) is 0 Å². The second kappa shape index (κ2) is 10.8. The van der Waals surface area contributed by atoms with Crippen molar-refractivity contribution < 1.29 is 17.9 Å². The molecular formula is C31H35N7O4S. The van der Waals surface area contributed by atoms with E-state index in [1.165, 1.54) is 10.5 Å². The molecule has 1 saturated heterocycles. The predicted octanol–water partition coefficient (Wildman–Crippen LogP) is 3.69. The summed E-state index contributed by atoms with van der Waals surface area (Å²) < 4.78 is 32.0. The van der Waals surface area contributed by atoms with Crippen LogP contribution in [0.1, 0.15) is 49.4 Å². The summed E-state index contributed by atoms with van der Waals surface area (Å²) in [6, 6.07) is 13.3. The van der Waals surface area contributed by atoms with Crippen LogP contribution in [-0.2, 0) is 26.7 Å². The van der Waals surface area contributed by atoms with Gasteiger partial charge in [0.25, 0.3) is 5.91 Å². The average molecular weight is 602 g/mol. The molecule has 0 aromatic carbocycles. The van der Waals surface area contributed by atoms with E-state index >= 15 is 0 Å². The van der Waals surface area contributed by atoms with Crippen molar-refractivity contribution in [3.63, 3.8) is 0 Å². The lowest BCUT2D eigenvalue weighted by Crippen LogP contribution is -2.45. The number of ether oxygens (including phenoxy) is 1. The van der Waals surface area contributed by atoms with Crippen molar-refractivity contribution in [3.8, 4) is 11.4 Å². The lowest BCUT2D eigenvalue weighted by Gasteiger charge is -2.36. The molecule has 2 aliphatic heterocycles. The van der Waals surface area contributed by atoms with Crippen LogP contribution < -0.4 is 14.5 Å². The van der Waals surface area contributed by atoms with Crippen molar-refractivity contribution in [2.75, 3.05) is 35.1 Å². The highest BCUT2D eigenvalue weighted by Crippen LogP contribution is 2.40. The third-order valence-corrected chi connectivity index (χ3v) is 8.91. The van der Waals surface area contributed by atoms with Crippen molar-refractivity contribution in [1.82, 2.24) is 25.3 Å². The van der Waals surface area contributed by atoms with Crippen molar-refractivity contribution in [3.05, 3.63) is 71.8 Å². The van der Waals surface area contributed by atoms with E-state index in [0.717, 1.165) is 47.5 Å². The number of carbonyl (C=O) groups is 1. The van der Waals surface area contributed by atoms with Crippen LogP contribution in [0.5, 0.6) is 0 Å². The number of nitrogens with zero attached hydrogens (tertiary/aromatic N) is 6. The van der Waals surface area contributed by atoms with E-state index in [-0.39, 0.29) is 36.8 Å². The maximum absolute atomic E-state index is 13.1. The van der Waals surface area contributed by atoms with Crippen LogP contribution in [0.3, 0.4) is 0 Å². The number of pyridine rings is 4. The van der Waals surface area contributed by atoms with E-state index in [1.807, 2.05) is 50.2 Å². The molecule has 0 bridgehead atoms.